The zero-order valence-corrected chi connectivity index (χ0v) is 22.3. The summed E-state index contributed by atoms with van der Waals surface area (Å²) in [5, 5.41) is 6.84. The van der Waals surface area contributed by atoms with Crippen LogP contribution in [0.5, 0.6) is 0 Å². The van der Waals surface area contributed by atoms with Crippen LogP contribution in [-0.2, 0) is 0 Å². The van der Waals surface area contributed by atoms with Gasteiger partial charge in [-0.15, -0.1) is 0 Å². The molecule has 9 nitrogen and oxygen atoms in total. The lowest BCUT2D eigenvalue weighted by atomic mass is 10.0. The largest absolute Gasteiger partial charge is 0.366 e. The first-order chi connectivity index (χ1) is 16.5. The van der Waals surface area contributed by atoms with Gasteiger partial charge in [0.25, 0.3) is 0 Å². The van der Waals surface area contributed by atoms with Gasteiger partial charge < -0.3 is 21.3 Å². The molecule has 2 aromatic rings. The van der Waals surface area contributed by atoms with E-state index in [4.69, 9.17) is 10.7 Å². The number of aromatic nitrogens is 3. The molecule has 1 aliphatic heterocycles. The third-order valence-electron chi connectivity index (χ3n) is 6.36. The van der Waals surface area contributed by atoms with Gasteiger partial charge in [0.2, 0.25) is 23.8 Å². The van der Waals surface area contributed by atoms with E-state index in [2.05, 4.69) is 60.1 Å². The molecule has 35 heavy (non-hydrogen) atoms. The highest BCUT2D eigenvalue weighted by molar-refractivity contribution is 5.94. The van der Waals surface area contributed by atoms with Crippen molar-refractivity contribution < 1.29 is 4.79 Å². The fourth-order valence-electron chi connectivity index (χ4n) is 4.64. The van der Waals surface area contributed by atoms with Crippen LogP contribution in [0.2, 0.25) is 0 Å². The molecular weight excluding hydrogens is 440 g/mol. The van der Waals surface area contributed by atoms with Crippen molar-refractivity contribution in [1.29, 1.82) is 0 Å². The van der Waals surface area contributed by atoms with Gasteiger partial charge in [-0.3, -0.25) is 9.69 Å². The maximum atomic E-state index is 11.7. The van der Waals surface area contributed by atoms with Crippen molar-refractivity contribution in [2.45, 2.75) is 66.5 Å². The molecule has 1 fully saturated rings. The Labute approximate surface area is 209 Å². The summed E-state index contributed by atoms with van der Waals surface area (Å²) in [6.07, 6.45) is 2.24. The van der Waals surface area contributed by atoms with Gasteiger partial charge in [-0.2, -0.15) is 15.0 Å². The second-order valence-corrected chi connectivity index (χ2v) is 10.7. The molecule has 2 atom stereocenters. The van der Waals surface area contributed by atoms with Crippen molar-refractivity contribution in [1.82, 2.24) is 19.9 Å². The molecule has 0 radical (unpaired) electrons. The number of anilines is 4. The van der Waals surface area contributed by atoms with Crippen LogP contribution in [0.3, 0.4) is 0 Å². The number of likely N-dealkylation sites (tertiary alicyclic amines) is 1. The van der Waals surface area contributed by atoms with Crippen molar-refractivity contribution in [3.63, 3.8) is 0 Å². The van der Waals surface area contributed by atoms with E-state index in [0.717, 1.165) is 37.3 Å². The monoisotopic (exact) mass is 482 g/mol. The molecule has 192 valence electrons. The van der Waals surface area contributed by atoms with Crippen molar-refractivity contribution >= 4 is 29.4 Å². The number of nitrogens with zero attached hydrogens (tertiary/aromatic N) is 5. The number of nitrogens with one attached hydrogen (secondary N) is 2. The van der Waals surface area contributed by atoms with E-state index < -0.39 is 5.91 Å². The fraction of sp³-hybridized carbons (Fsp3) is 0.615. The van der Waals surface area contributed by atoms with Gasteiger partial charge >= 0.3 is 0 Å². The number of hydrogen-bond acceptors (Lipinski definition) is 8. The molecule has 2 heterocycles. The third-order valence-corrected chi connectivity index (χ3v) is 6.36. The predicted octanol–water partition coefficient (Wildman–Crippen LogP) is 4.04. The van der Waals surface area contributed by atoms with E-state index >= 15 is 0 Å². The Kier molecular flexibility index (Phi) is 8.88. The normalized spacial score (nSPS) is 17.1. The summed E-state index contributed by atoms with van der Waals surface area (Å²) < 4.78 is 0. The van der Waals surface area contributed by atoms with Gasteiger partial charge in [0.1, 0.15) is 0 Å². The highest BCUT2D eigenvalue weighted by atomic mass is 16.1. The minimum Gasteiger partial charge on any atom is -0.366 e. The van der Waals surface area contributed by atoms with Crippen molar-refractivity contribution in [2.24, 2.45) is 17.6 Å². The number of amides is 1. The Bertz CT molecular complexity index is 1010. The summed E-state index contributed by atoms with van der Waals surface area (Å²) >= 11 is 0. The van der Waals surface area contributed by atoms with E-state index in [1.165, 1.54) is 6.42 Å². The number of aryl methyl sites for hydroxylation is 1. The Balaban J connectivity index is 1.83. The van der Waals surface area contributed by atoms with Crippen LogP contribution in [-0.4, -0.2) is 64.5 Å². The minimum absolute atomic E-state index is 0.281. The lowest BCUT2D eigenvalue weighted by Crippen LogP contribution is -2.34. The number of nitrogens with two attached hydrogens (primary N) is 1. The fourth-order valence-corrected chi connectivity index (χ4v) is 4.64. The second-order valence-electron chi connectivity index (χ2n) is 10.7. The number of carbonyl (C=O) groups excluding carboxylic acids is 1. The molecule has 1 aromatic heterocycles. The molecule has 0 saturated carbocycles. The molecule has 1 aromatic carbocycles. The number of rotatable bonds is 11. The molecule has 1 amide bonds. The first-order valence-electron chi connectivity index (χ1n) is 12.7. The summed E-state index contributed by atoms with van der Waals surface area (Å²) in [6, 6.07) is 6.16. The average molecular weight is 483 g/mol. The Morgan fingerprint density at radius 3 is 2.51 bits per heavy atom. The maximum Gasteiger partial charge on any atom is 0.248 e. The van der Waals surface area contributed by atoms with Crippen molar-refractivity contribution in [3.8, 4) is 0 Å². The first kappa shape index (κ1) is 26.7. The average Bonchev–Trinajstić information content (AvgIpc) is 3.22. The molecule has 0 bridgehead atoms. The number of carbonyl (C=O) groups is 1. The van der Waals surface area contributed by atoms with Gasteiger partial charge in [0.15, 0.2) is 0 Å². The van der Waals surface area contributed by atoms with Crippen LogP contribution < -0.4 is 21.3 Å². The molecule has 0 aliphatic carbocycles. The lowest BCUT2D eigenvalue weighted by Gasteiger charge is -2.26. The highest BCUT2D eigenvalue weighted by Crippen LogP contribution is 2.24. The summed E-state index contributed by atoms with van der Waals surface area (Å²) in [5.74, 6) is 2.27. The van der Waals surface area contributed by atoms with Crippen LogP contribution in [0.1, 0.15) is 63.4 Å². The first-order valence-corrected chi connectivity index (χ1v) is 12.7. The van der Waals surface area contributed by atoms with E-state index in [-0.39, 0.29) is 6.04 Å². The van der Waals surface area contributed by atoms with Gasteiger partial charge in [-0.05, 0) is 56.2 Å². The SMILES string of the molecule is Cc1ccc(C(N)=O)cc1Nc1nc(N[C@@H]2CCN(C(C)CC(C)C)C2)nc(N(C)CC(C)C)n1. The molecule has 4 N–H and O–H groups in total. The van der Waals surface area contributed by atoms with Crippen LogP contribution in [0, 0.1) is 18.8 Å². The zero-order chi connectivity index (χ0) is 25.7. The molecule has 3 rings (SSSR count). The van der Waals surface area contributed by atoms with Gasteiger partial charge in [-0.1, -0.05) is 33.8 Å². The Morgan fingerprint density at radius 2 is 1.86 bits per heavy atom. The van der Waals surface area contributed by atoms with Crippen LogP contribution in [0.4, 0.5) is 23.5 Å². The van der Waals surface area contributed by atoms with Crippen molar-refractivity contribution in [2.75, 3.05) is 42.2 Å². The van der Waals surface area contributed by atoms with Gasteiger partial charge in [-0.25, -0.2) is 0 Å². The van der Waals surface area contributed by atoms with Crippen LogP contribution >= 0.6 is 0 Å². The number of primary amides is 1. The molecule has 9 heteroatoms. The molecule has 1 unspecified atom stereocenters. The molecule has 0 spiro atoms. The summed E-state index contributed by atoms with van der Waals surface area (Å²) in [4.78, 5) is 30.4. The standard InChI is InChI=1S/C26H42N8O/c1-16(2)12-19(6)34-11-10-21(15-34)28-24-30-25(32-26(31-24)33(7)14-17(3)4)29-22-13-20(23(27)35)9-8-18(22)5/h8-9,13,16-17,19,21H,10-12,14-15H2,1-7H3,(H2,27,35)(H2,28,29,30,31,32)/t19?,21-/m1/s1. The van der Waals surface area contributed by atoms with E-state index in [1.807, 2.05) is 24.9 Å². The van der Waals surface area contributed by atoms with Crippen LogP contribution in [0.25, 0.3) is 0 Å². The van der Waals surface area contributed by atoms with Crippen molar-refractivity contribution in [3.05, 3.63) is 29.3 Å². The number of hydrogen-bond donors (Lipinski definition) is 3. The Hall–Kier alpha value is -2.94. The quantitative estimate of drug-likeness (QED) is 0.440. The summed E-state index contributed by atoms with van der Waals surface area (Å²) in [5.41, 5.74) is 7.62. The van der Waals surface area contributed by atoms with E-state index in [0.29, 0.717) is 41.3 Å². The Morgan fingerprint density at radius 1 is 1.14 bits per heavy atom. The third kappa shape index (κ3) is 7.52. The highest BCUT2D eigenvalue weighted by Gasteiger charge is 2.27. The topological polar surface area (TPSA) is 112 Å². The molecular formula is C26H42N8O. The summed E-state index contributed by atoms with van der Waals surface area (Å²) in [6.45, 7) is 16.0. The van der Waals surface area contributed by atoms with Crippen LogP contribution in [0.15, 0.2) is 18.2 Å². The molecule has 1 saturated heterocycles. The summed E-state index contributed by atoms with van der Waals surface area (Å²) in [7, 11) is 1.99. The minimum atomic E-state index is -0.471. The van der Waals surface area contributed by atoms with Gasteiger partial charge in [0, 0.05) is 50.0 Å². The maximum absolute atomic E-state index is 11.7. The second kappa shape index (κ2) is 11.7. The molecule has 1 aliphatic rings. The number of benzene rings is 1. The smallest absolute Gasteiger partial charge is 0.248 e. The van der Waals surface area contributed by atoms with Gasteiger partial charge in [0.05, 0.1) is 0 Å². The predicted molar refractivity (Wildman–Crippen MR) is 143 cm³/mol. The van der Waals surface area contributed by atoms with E-state index in [9.17, 15) is 4.79 Å². The zero-order valence-electron chi connectivity index (χ0n) is 22.3. The van der Waals surface area contributed by atoms with E-state index in [1.54, 1.807) is 12.1 Å². The lowest BCUT2D eigenvalue weighted by molar-refractivity contribution is 0.100.